The first-order valence-corrected chi connectivity index (χ1v) is 7.58. The second-order valence-corrected chi connectivity index (χ2v) is 6.43. The molecule has 2 aromatic rings. The number of aromatic nitrogens is 1. The standard InChI is InChI=1S/C19H19N3O/c1-14-5-4-6-15(11-14)7-8-16-9-10-17(20-13-16)22-18(23)12-19(2,3)21-22/h4-6,9-11,13,21H,12H2,1-3H3. The first-order valence-electron chi connectivity index (χ1n) is 7.58. The van der Waals surface area contributed by atoms with Crippen molar-refractivity contribution < 1.29 is 4.79 Å². The number of benzene rings is 1. The van der Waals surface area contributed by atoms with E-state index in [-0.39, 0.29) is 11.4 Å². The summed E-state index contributed by atoms with van der Waals surface area (Å²) in [6.07, 6.45) is 2.15. The Hall–Kier alpha value is -2.64. The highest BCUT2D eigenvalue weighted by molar-refractivity contribution is 5.94. The minimum Gasteiger partial charge on any atom is -0.273 e. The van der Waals surface area contributed by atoms with Crippen molar-refractivity contribution in [2.75, 3.05) is 5.01 Å². The van der Waals surface area contributed by atoms with E-state index < -0.39 is 0 Å². The summed E-state index contributed by atoms with van der Waals surface area (Å²) in [5.41, 5.74) is 5.92. The van der Waals surface area contributed by atoms with Crippen LogP contribution in [0.1, 0.15) is 37.0 Å². The summed E-state index contributed by atoms with van der Waals surface area (Å²) in [6, 6.07) is 11.8. The molecule has 3 rings (SSSR count). The number of nitrogens with zero attached hydrogens (tertiary/aromatic N) is 2. The van der Waals surface area contributed by atoms with Gasteiger partial charge in [0.25, 0.3) is 0 Å². The second kappa shape index (κ2) is 5.86. The minimum atomic E-state index is -0.234. The monoisotopic (exact) mass is 305 g/mol. The molecular formula is C19H19N3O. The van der Waals surface area contributed by atoms with Crippen molar-refractivity contribution in [3.05, 3.63) is 59.3 Å². The molecule has 1 fully saturated rings. The Labute approximate surface area is 136 Å². The average Bonchev–Trinajstić information content (AvgIpc) is 2.79. The number of carbonyl (C=O) groups is 1. The van der Waals surface area contributed by atoms with E-state index in [0.29, 0.717) is 12.2 Å². The zero-order valence-electron chi connectivity index (χ0n) is 13.6. The molecule has 23 heavy (non-hydrogen) atoms. The first-order chi connectivity index (χ1) is 10.9. The van der Waals surface area contributed by atoms with Crippen molar-refractivity contribution in [3.8, 4) is 11.8 Å². The van der Waals surface area contributed by atoms with E-state index in [9.17, 15) is 4.79 Å². The van der Waals surface area contributed by atoms with Crippen LogP contribution >= 0.6 is 0 Å². The van der Waals surface area contributed by atoms with Gasteiger partial charge < -0.3 is 0 Å². The number of pyridine rings is 1. The SMILES string of the molecule is Cc1cccc(C#Cc2ccc(N3NC(C)(C)CC3=O)nc2)c1. The van der Waals surface area contributed by atoms with Crippen LogP contribution in [0.4, 0.5) is 5.82 Å². The van der Waals surface area contributed by atoms with Crippen molar-refractivity contribution >= 4 is 11.7 Å². The van der Waals surface area contributed by atoms with Gasteiger partial charge in [0.2, 0.25) is 5.91 Å². The van der Waals surface area contributed by atoms with Crippen LogP contribution in [0.3, 0.4) is 0 Å². The molecule has 1 N–H and O–H groups in total. The van der Waals surface area contributed by atoms with Crippen LogP contribution in [0, 0.1) is 18.8 Å². The number of hydrazine groups is 1. The van der Waals surface area contributed by atoms with Crippen LogP contribution in [0.5, 0.6) is 0 Å². The third-order valence-electron chi connectivity index (χ3n) is 3.60. The fourth-order valence-electron chi connectivity index (χ4n) is 2.51. The van der Waals surface area contributed by atoms with Crippen LogP contribution in [-0.4, -0.2) is 16.4 Å². The normalized spacial score (nSPS) is 16.1. The molecule has 0 unspecified atom stereocenters. The second-order valence-electron chi connectivity index (χ2n) is 6.43. The predicted molar refractivity (Wildman–Crippen MR) is 90.7 cm³/mol. The quantitative estimate of drug-likeness (QED) is 0.824. The van der Waals surface area contributed by atoms with Crippen LogP contribution in [-0.2, 0) is 4.79 Å². The van der Waals surface area contributed by atoms with Gasteiger partial charge in [-0.15, -0.1) is 0 Å². The maximum absolute atomic E-state index is 12.0. The molecule has 1 aliphatic rings. The number of anilines is 1. The molecule has 0 bridgehead atoms. The Morgan fingerprint density at radius 1 is 1.17 bits per heavy atom. The van der Waals surface area contributed by atoms with E-state index in [4.69, 9.17) is 0 Å². The number of rotatable bonds is 1. The van der Waals surface area contributed by atoms with Gasteiger partial charge in [0.1, 0.15) is 5.82 Å². The third-order valence-corrected chi connectivity index (χ3v) is 3.60. The van der Waals surface area contributed by atoms with Gasteiger partial charge in [-0.05, 0) is 50.6 Å². The van der Waals surface area contributed by atoms with Crippen LogP contribution in [0.2, 0.25) is 0 Å². The lowest BCUT2D eigenvalue weighted by Gasteiger charge is -2.20. The first kappa shape index (κ1) is 15.3. The van der Waals surface area contributed by atoms with E-state index in [2.05, 4.69) is 22.3 Å². The molecular weight excluding hydrogens is 286 g/mol. The molecule has 1 aromatic carbocycles. The highest BCUT2D eigenvalue weighted by Gasteiger charge is 2.36. The van der Waals surface area contributed by atoms with E-state index in [0.717, 1.165) is 11.1 Å². The topological polar surface area (TPSA) is 45.2 Å². The molecule has 1 aromatic heterocycles. The highest BCUT2D eigenvalue weighted by Crippen LogP contribution is 2.23. The smallest absolute Gasteiger partial charge is 0.244 e. The van der Waals surface area contributed by atoms with E-state index in [1.165, 1.54) is 10.6 Å². The summed E-state index contributed by atoms with van der Waals surface area (Å²) in [5.74, 6) is 6.85. The van der Waals surface area contributed by atoms with Gasteiger partial charge in [-0.25, -0.2) is 15.4 Å². The number of aryl methyl sites for hydroxylation is 1. The van der Waals surface area contributed by atoms with Gasteiger partial charge >= 0.3 is 0 Å². The molecule has 1 aliphatic heterocycles. The van der Waals surface area contributed by atoms with Crippen LogP contribution in [0.15, 0.2) is 42.6 Å². The molecule has 0 atom stereocenters. The number of carbonyl (C=O) groups excluding carboxylic acids is 1. The number of amides is 1. The number of hydrogen-bond acceptors (Lipinski definition) is 3. The third kappa shape index (κ3) is 3.58. The van der Waals surface area contributed by atoms with Gasteiger partial charge in [0.15, 0.2) is 0 Å². The van der Waals surface area contributed by atoms with Gasteiger partial charge in [-0.3, -0.25) is 4.79 Å². The summed E-state index contributed by atoms with van der Waals surface area (Å²) < 4.78 is 0. The van der Waals surface area contributed by atoms with Crippen LogP contribution < -0.4 is 10.4 Å². The Balaban J connectivity index is 1.77. The number of hydrogen-bond donors (Lipinski definition) is 1. The largest absolute Gasteiger partial charge is 0.273 e. The van der Waals surface area contributed by atoms with Crippen LogP contribution in [0.25, 0.3) is 0 Å². The fraction of sp³-hybridized carbons (Fsp3) is 0.263. The average molecular weight is 305 g/mol. The maximum Gasteiger partial charge on any atom is 0.244 e. The highest BCUT2D eigenvalue weighted by atomic mass is 16.2. The summed E-state index contributed by atoms with van der Waals surface area (Å²) in [5, 5.41) is 1.51. The van der Waals surface area contributed by atoms with Crippen molar-refractivity contribution in [2.24, 2.45) is 0 Å². The maximum atomic E-state index is 12.0. The molecule has 1 amide bonds. The van der Waals surface area contributed by atoms with E-state index in [1.54, 1.807) is 6.20 Å². The molecule has 0 spiro atoms. The lowest BCUT2D eigenvalue weighted by atomic mass is 10.0. The van der Waals surface area contributed by atoms with E-state index >= 15 is 0 Å². The zero-order chi connectivity index (χ0) is 16.4. The summed E-state index contributed by atoms with van der Waals surface area (Å²) in [7, 11) is 0. The minimum absolute atomic E-state index is 0.0288. The lowest BCUT2D eigenvalue weighted by Crippen LogP contribution is -2.42. The van der Waals surface area contributed by atoms with Crippen molar-refractivity contribution in [1.82, 2.24) is 10.4 Å². The van der Waals surface area contributed by atoms with Crippen molar-refractivity contribution in [3.63, 3.8) is 0 Å². The molecule has 116 valence electrons. The van der Waals surface area contributed by atoms with Gasteiger partial charge in [-0.1, -0.05) is 24.0 Å². The Morgan fingerprint density at radius 2 is 1.96 bits per heavy atom. The molecule has 4 heteroatoms. The molecule has 0 saturated carbocycles. The fourth-order valence-corrected chi connectivity index (χ4v) is 2.51. The summed E-state index contributed by atoms with van der Waals surface area (Å²) in [4.78, 5) is 16.4. The lowest BCUT2D eigenvalue weighted by molar-refractivity contribution is -0.117. The molecule has 2 heterocycles. The summed E-state index contributed by atoms with van der Waals surface area (Å²) >= 11 is 0. The Bertz CT molecular complexity index is 797. The molecule has 0 radical (unpaired) electrons. The molecule has 0 aliphatic carbocycles. The van der Waals surface area contributed by atoms with Gasteiger partial charge in [0, 0.05) is 29.3 Å². The van der Waals surface area contributed by atoms with E-state index in [1.807, 2.05) is 57.2 Å². The molecule has 4 nitrogen and oxygen atoms in total. The van der Waals surface area contributed by atoms with Gasteiger partial charge in [0.05, 0.1) is 0 Å². The van der Waals surface area contributed by atoms with Crippen molar-refractivity contribution in [1.29, 1.82) is 0 Å². The zero-order valence-corrected chi connectivity index (χ0v) is 13.6. The number of nitrogens with one attached hydrogen (secondary N) is 1. The predicted octanol–water partition coefficient (Wildman–Crippen LogP) is 2.81. The van der Waals surface area contributed by atoms with Crippen molar-refractivity contribution in [2.45, 2.75) is 32.7 Å². The molecule has 1 saturated heterocycles. The summed E-state index contributed by atoms with van der Waals surface area (Å²) in [6.45, 7) is 6.03. The Morgan fingerprint density at radius 3 is 2.57 bits per heavy atom. The van der Waals surface area contributed by atoms with Gasteiger partial charge in [-0.2, -0.15) is 0 Å². The Kier molecular flexibility index (Phi) is 3.89.